The van der Waals surface area contributed by atoms with Gasteiger partial charge in [-0.15, -0.1) is 21.5 Å². The number of fused-ring (bicyclic) bond motifs is 1. The second kappa shape index (κ2) is 7.90. The van der Waals surface area contributed by atoms with Crippen LogP contribution in [0.15, 0.2) is 5.16 Å². The third-order valence-corrected chi connectivity index (χ3v) is 6.60. The molecule has 0 spiro atoms. The van der Waals surface area contributed by atoms with Gasteiger partial charge in [0.2, 0.25) is 11.1 Å². The molecular formula is C18H24N6OS2. The van der Waals surface area contributed by atoms with E-state index in [0.717, 1.165) is 31.2 Å². The van der Waals surface area contributed by atoms with Gasteiger partial charge in [-0.3, -0.25) is 4.79 Å². The molecule has 0 aromatic carbocycles. The van der Waals surface area contributed by atoms with E-state index in [4.69, 9.17) is 5.84 Å². The number of nitrogens with zero attached hydrogens (tertiary/aromatic N) is 4. The van der Waals surface area contributed by atoms with Crippen molar-refractivity contribution >= 4 is 34.0 Å². The van der Waals surface area contributed by atoms with E-state index in [1.807, 2.05) is 20.8 Å². The molecule has 0 aliphatic heterocycles. The maximum atomic E-state index is 12.4. The summed E-state index contributed by atoms with van der Waals surface area (Å²) in [7, 11) is 0. The number of nitrogen functional groups attached to an aromatic ring is 1. The van der Waals surface area contributed by atoms with Gasteiger partial charge < -0.3 is 11.2 Å². The maximum Gasteiger partial charge on any atom is 0.235 e. The number of amides is 1. The summed E-state index contributed by atoms with van der Waals surface area (Å²) in [5.74, 6) is 6.71. The molecule has 0 saturated heterocycles. The Morgan fingerprint density at radius 3 is 2.74 bits per heavy atom. The van der Waals surface area contributed by atoms with Gasteiger partial charge in [0.1, 0.15) is 11.1 Å². The van der Waals surface area contributed by atoms with Crippen molar-refractivity contribution in [1.82, 2.24) is 14.9 Å². The van der Waals surface area contributed by atoms with Crippen molar-refractivity contribution in [3.63, 3.8) is 0 Å². The number of hydrogen-bond donors (Lipinski definition) is 2. The predicted octanol–water partition coefficient (Wildman–Crippen LogP) is 3.22. The van der Waals surface area contributed by atoms with E-state index in [1.54, 1.807) is 0 Å². The number of aromatic nitrogens is 3. The molecule has 2 heterocycles. The van der Waals surface area contributed by atoms with Crippen LogP contribution >= 0.6 is 23.1 Å². The molecule has 3 rings (SSSR count). The Bertz CT molecular complexity index is 887. The molecule has 9 heteroatoms. The Kier molecular flexibility index (Phi) is 5.77. The molecular weight excluding hydrogens is 380 g/mol. The summed E-state index contributed by atoms with van der Waals surface area (Å²) < 4.78 is 1.44. The molecule has 27 heavy (non-hydrogen) atoms. The Hall–Kier alpha value is -2.05. The number of thioether (sulfide) groups is 1. The molecule has 2 aromatic heterocycles. The van der Waals surface area contributed by atoms with Crippen molar-refractivity contribution in [3.8, 4) is 6.07 Å². The second-order valence-corrected chi connectivity index (χ2v) is 9.69. The number of nitrogens with one attached hydrogen (secondary N) is 1. The van der Waals surface area contributed by atoms with Crippen LogP contribution in [0.4, 0.5) is 5.00 Å². The molecule has 0 saturated carbocycles. The first kappa shape index (κ1) is 19.7. The minimum atomic E-state index is -0.223. The quantitative estimate of drug-likeness (QED) is 0.460. The average molecular weight is 405 g/mol. The van der Waals surface area contributed by atoms with E-state index in [9.17, 15) is 10.1 Å². The van der Waals surface area contributed by atoms with E-state index in [0.29, 0.717) is 21.5 Å². The van der Waals surface area contributed by atoms with E-state index in [-0.39, 0.29) is 17.1 Å². The van der Waals surface area contributed by atoms with Crippen LogP contribution in [-0.4, -0.2) is 26.5 Å². The molecule has 0 unspecified atom stereocenters. The van der Waals surface area contributed by atoms with Crippen molar-refractivity contribution in [2.75, 3.05) is 16.9 Å². The molecule has 2 aromatic rings. The number of aryl methyl sites for hydroxylation is 1. The van der Waals surface area contributed by atoms with Gasteiger partial charge in [0.05, 0.1) is 11.3 Å². The highest BCUT2D eigenvalue weighted by Gasteiger charge is 2.24. The summed E-state index contributed by atoms with van der Waals surface area (Å²) in [6, 6.07) is 2.28. The Balaban J connectivity index is 1.67. The molecule has 1 amide bonds. The van der Waals surface area contributed by atoms with Gasteiger partial charge in [-0.1, -0.05) is 39.0 Å². The van der Waals surface area contributed by atoms with Crippen LogP contribution in [0.25, 0.3) is 0 Å². The van der Waals surface area contributed by atoms with Crippen molar-refractivity contribution in [2.24, 2.45) is 0 Å². The van der Waals surface area contributed by atoms with Gasteiger partial charge in [0, 0.05) is 10.3 Å². The smallest absolute Gasteiger partial charge is 0.235 e. The van der Waals surface area contributed by atoms with Crippen molar-refractivity contribution in [2.45, 2.75) is 63.4 Å². The normalized spacial score (nSPS) is 14.3. The van der Waals surface area contributed by atoms with Crippen LogP contribution in [0.3, 0.4) is 0 Å². The van der Waals surface area contributed by atoms with E-state index >= 15 is 0 Å². The van der Waals surface area contributed by atoms with Crippen LogP contribution in [0.1, 0.15) is 61.9 Å². The number of rotatable bonds is 4. The van der Waals surface area contributed by atoms with Crippen molar-refractivity contribution < 1.29 is 4.79 Å². The highest BCUT2D eigenvalue weighted by Crippen LogP contribution is 2.37. The average Bonchev–Trinajstić information content (AvgIpc) is 3.04. The summed E-state index contributed by atoms with van der Waals surface area (Å²) in [6.07, 6.45) is 5.35. The lowest BCUT2D eigenvalue weighted by Gasteiger charge is -2.16. The molecule has 0 bridgehead atoms. The lowest BCUT2D eigenvalue weighted by molar-refractivity contribution is -0.113. The number of thiophene rings is 1. The monoisotopic (exact) mass is 404 g/mol. The molecule has 1 aliphatic carbocycles. The number of carbonyl (C=O) groups is 1. The third kappa shape index (κ3) is 4.28. The summed E-state index contributed by atoms with van der Waals surface area (Å²) in [6.45, 7) is 6.02. The standard InChI is InChI=1S/C18H24N6OS2/c1-18(2,3)16-22-23-17(24(16)20)26-10-14(25)21-15-12(9-19)11-7-5-4-6-8-13(11)27-15/h4-8,10,20H2,1-3H3,(H,21,25). The minimum absolute atomic E-state index is 0.160. The fourth-order valence-corrected chi connectivity index (χ4v) is 5.04. The lowest BCUT2D eigenvalue weighted by atomic mass is 9.96. The van der Waals surface area contributed by atoms with Crippen LogP contribution < -0.4 is 11.2 Å². The van der Waals surface area contributed by atoms with Crippen LogP contribution in [0.2, 0.25) is 0 Å². The number of nitriles is 1. The Morgan fingerprint density at radius 1 is 1.33 bits per heavy atom. The number of anilines is 1. The summed E-state index contributed by atoms with van der Waals surface area (Å²) in [4.78, 5) is 13.7. The Labute approximate surface area is 167 Å². The zero-order valence-electron chi connectivity index (χ0n) is 15.8. The van der Waals surface area contributed by atoms with Gasteiger partial charge in [-0.05, 0) is 31.2 Å². The fraction of sp³-hybridized carbons (Fsp3) is 0.556. The van der Waals surface area contributed by atoms with Gasteiger partial charge in [0.25, 0.3) is 0 Å². The zero-order valence-corrected chi connectivity index (χ0v) is 17.5. The van der Waals surface area contributed by atoms with E-state index in [1.165, 1.54) is 39.1 Å². The minimum Gasteiger partial charge on any atom is -0.336 e. The first-order valence-electron chi connectivity index (χ1n) is 8.99. The topological polar surface area (TPSA) is 110 Å². The van der Waals surface area contributed by atoms with Crippen LogP contribution in [0.5, 0.6) is 0 Å². The third-order valence-electron chi connectivity index (χ3n) is 4.45. The first-order valence-corrected chi connectivity index (χ1v) is 10.8. The maximum absolute atomic E-state index is 12.4. The van der Waals surface area contributed by atoms with Gasteiger partial charge in [-0.25, -0.2) is 4.68 Å². The molecule has 3 N–H and O–H groups in total. The van der Waals surface area contributed by atoms with Crippen molar-refractivity contribution in [1.29, 1.82) is 5.26 Å². The fourth-order valence-electron chi connectivity index (χ4n) is 3.13. The number of carbonyl (C=O) groups excluding carboxylic acids is 1. The second-order valence-electron chi connectivity index (χ2n) is 7.64. The molecule has 144 valence electrons. The lowest BCUT2D eigenvalue weighted by Crippen LogP contribution is -2.24. The number of nitrogens with two attached hydrogens (primary N) is 1. The van der Waals surface area contributed by atoms with Gasteiger partial charge in [-0.2, -0.15) is 5.26 Å². The van der Waals surface area contributed by atoms with Crippen LogP contribution in [-0.2, 0) is 23.1 Å². The summed E-state index contributed by atoms with van der Waals surface area (Å²) in [5, 5.41) is 21.8. The van der Waals surface area contributed by atoms with Crippen LogP contribution in [0, 0.1) is 11.3 Å². The predicted molar refractivity (Wildman–Crippen MR) is 109 cm³/mol. The zero-order chi connectivity index (χ0) is 19.6. The van der Waals surface area contributed by atoms with E-state index < -0.39 is 0 Å². The Morgan fingerprint density at radius 2 is 2.07 bits per heavy atom. The first-order chi connectivity index (χ1) is 12.8. The molecule has 0 atom stereocenters. The van der Waals surface area contributed by atoms with E-state index in [2.05, 4.69) is 21.6 Å². The molecule has 7 nitrogen and oxygen atoms in total. The molecule has 1 aliphatic rings. The summed E-state index contributed by atoms with van der Waals surface area (Å²) >= 11 is 2.78. The highest BCUT2D eigenvalue weighted by molar-refractivity contribution is 7.99. The van der Waals surface area contributed by atoms with Gasteiger partial charge >= 0.3 is 0 Å². The molecule has 0 fully saturated rings. The van der Waals surface area contributed by atoms with Gasteiger partial charge in [0.15, 0.2) is 5.82 Å². The highest BCUT2D eigenvalue weighted by atomic mass is 32.2. The largest absolute Gasteiger partial charge is 0.336 e. The molecule has 0 radical (unpaired) electrons. The number of hydrogen-bond acceptors (Lipinski definition) is 7. The summed E-state index contributed by atoms with van der Waals surface area (Å²) in [5.41, 5.74) is 1.53. The SMILES string of the molecule is CC(C)(C)c1nnc(SCC(=O)Nc2sc3c(c2C#N)CCCCC3)n1N. The van der Waals surface area contributed by atoms with Crippen molar-refractivity contribution in [3.05, 3.63) is 21.8 Å².